The van der Waals surface area contributed by atoms with Crippen LogP contribution >= 0.6 is 23.8 Å². The molecule has 0 spiro atoms. The molecule has 5 nitrogen and oxygen atoms in total. The maximum Gasteiger partial charge on any atom is 0.238 e. The van der Waals surface area contributed by atoms with Gasteiger partial charge in [-0.05, 0) is 80.4 Å². The summed E-state index contributed by atoms with van der Waals surface area (Å²) in [5, 5.41) is 4.09. The molecular weight excluding hydrogens is 382 g/mol. The number of benzene rings is 2. The summed E-state index contributed by atoms with van der Waals surface area (Å²) in [5.41, 5.74) is 9.47. The second-order valence-electron chi connectivity index (χ2n) is 6.24. The number of carbonyl (C=O) groups excluding carboxylic acids is 1. The number of nitrogens with one attached hydrogen (secondary N) is 3. The lowest BCUT2D eigenvalue weighted by atomic mass is 10.1. The third-order valence-electron chi connectivity index (χ3n) is 4.11. The van der Waals surface area contributed by atoms with Crippen molar-refractivity contribution in [3.8, 4) is 5.75 Å². The van der Waals surface area contributed by atoms with E-state index < -0.39 is 0 Å². The van der Waals surface area contributed by atoms with Gasteiger partial charge in [-0.25, -0.2) is 0 Å². The molecule has 0 saturated heterocycles. The minimum Gasteiger partial charge on any atom is -0.493 e. The van der Waals surface area contributed by atoms with Crippen LogP contribution in [0.5, 0.6) is 5.75 Å². The van der Waals surface area contributed by atoms with Gasteiger partial charge in [-0.2, -0.15) is 0 Å². The third kappa shape index (κ3) is 6.73. The Bertz CT molecular complexity index is 827. The van der Waals surface area contributed by atoms with Crippen molar-refractivity contribution in [1.29, 1.82) is 0 Å². The van der Waals surface area contributed by atoms with Crippen molar-refractivity contribution in [2.75, 3.05) is 11.9 Å². The van der Waals surface area contributed by atoms with Gasteiger partial charge < -0.3 is 10.1 Å². The summed E-state index contributed by atoms with van der Waals surface area (Å²) in [4.78, 5) is 11.9. The molecule has 0 fully saturated rings. The van der Waals surface area contributed by atoms with Crippen LogP contribution in [0.15, 0.2) is 36.4 Å². The number of anilines is 1. The summed E-state index contributed by atoms with van der Waals surface area (Å²) in [6.45, 7) is 6.43. The maximum absolute atomic E-state index is 11.9. The largest absolute Gasteiger partial charge is 0.493 e. The van der Waals surface area contributed by atoms with Crippen LogP contribution in [0.25, 0.3) is 0 Å². The Morgan fingerprint density at radius 2 is 1.89 bits per heavy atom. The number of thiocarbonyl (C=S) groups is 1. The predicted molar refractivity (Wildman–Crippen MR) is 114 cm³/mol. The zero-order valence-corrected chi connectivity index (χ0v) is 17.3. The number of amides is 1. The quantitative estimate of drug-likeness (QED) is 0.376. The molecule has 0 unspecified atom stereocenters. The minimum atomic E-state index is -0.156. The van der Waals surface area contributed by atoms with Gasteiger partial charge in [-0.15, -0.1) is 0 Å². The number of halogens is 1. The molecule has 27 heavy (non-hydrogen) atoms. The second kappa shape index (κ2) is 10.1. The highest BCUT2D eigenvalue weighted by molar-refractivity contribution is 7.80. The number of ether oxygens (including phenoxy) is 1. The molecular formula is C20H24ClN3O2S. The molecule has 0 aliphatic heterocycles. The van der Waals surface area contributed by atoms with E-state index in [0.29, 0.717) is 29.6 Å². The van der Waals surface area contributed by atoms with E-state index in [4.69, 9.17) is 28.6 Å². The molecule has 0 aliphatic carbocycles. The second-order valence-corrected chi connectivity index (χ2v) is 7.08. The first kappa shape index (κ1) is 21.0. The maximum atomic E-state index is 11.9. The van der Waals surface area contributed by atoms with Crippen molar-refractivity contribution in [2.45, 2.75) is 33.6 Å². The average Bonchev–Trinajstić information content (AvgIpc) is 2.62. The first-order valence-corrected chi connectivity index (χ1v) is 9.46. The van der Waals surface area contributed by atoms with E-state index in [1.165, 1.54) is 5.56 Å². The van der Waals surface area contributed by atoms with E-state index in [-0.39, 0.29) is 5.91 Å². The summed E-state index contributed by atoms with van der Waals surface area (Å²) >= 11 is 11.1. The minimum absolute atomic E-state index is 0.156. The molecule has 2 rings (SSSR count). The molecule has 3 N–H and O–H groups in total. The SMILES string of the molecule is Cc1cc(Cl)ccc1OCCCC(=O)NNC(=S)Nc1cccc(C)c1C. The Balaban J connectivity index is 1.67. The van der Waals surface area contributed by atoms with Gasteiger partial charge in [0.05, 0.1) is 6.61 Å². The molecule has 0 atom stereocenters. The highest BCUT2D eigenvalue weighted by atomic mass is 35.5. The highest BCUT2D eigenvalue weighted by Crippen LogP contribution is 2.22. The molecule has 144 valence electrons. The topological polar surface area (TPSA) is 62.4 Å². The first-order chi connectivity index (χ1) is 12.9. The number of aryl methyl sites for hydroxylation is 2. The Morgan fingerprint density at radius 3 is 2.63 bits per heavy atom. The van der Waals surface area contributed by atoms with E-state index >= 15 is 0 Å². The molecule has 0 heterocycles. The highest BCUT2D eigenvalue weighted by Gasteiger charge is 2.06. The molecule has 2 aromatic rings. The lowest BCUT2D eigenvalue weighted by Gasteiger charge is -2.14. The molecule has 0 aliphatic rings. The summed E-state index contributed by atoms with van der Waals surface area (Å²) in [7, 11) is 0. The van der Waals surface area contributed by atoms with E-state index in [1.807, 2.05) is 51.1 Å². The molecule has 2 aromatic carbocycles. The van der Waals surface area contributed by atoms with Crippen molar-refractivity contribution in [2.24, 2.45) is 0 Å². The fourth-order valence-electron chi connectivity index (χ4n) is 2.42. The van der Waals surface area contributed by atoms with Gasteiger partial charge in [0.2, 0.25) is 5.91 Å². The van der Waals surface area contributed by atoms with E-state index in [0.717, 1.165) is 22.6 Å². The Morgan fingerprint density at radius 1 is 1.11 bits per heavy atom. The smallest absolute Gasteiger partial charge is 0.238 e. The summed E-state index contributed by atoms with van der Waals surface area (Å²) in [6.07, 6.45) is 0.915. The van der Waals surface area contributed by atoms with Crippen LogP contribution in [0.2, 0.25) is 5.02 Å². The average molecular weight is 406 g/mol. The van der Waals surface area contributed by atoms with Gasteiger partial charge in [0.25, 0.3) is 0 Å². The van der Waals surface area contributed by atoms with E-state index in [2.05, 4.69) is 16.2 Å². The van der Waals surface area contributed by atoms with Crippen LogP contribution in [-0.2, 0) is 4.79 Å². The van der Waals surface area contributed by atoms with Crippen LogP contribution in [0.3, 0.4) is 0 Å². The fourth-order valence-corrected chi connectivity index (χ4v) is 2.81. The third-order valence-corrected chi connectivity index (χ3v) is 4.55. The lowest BCUT2D eigenvalue weighted by Crippen LogP contribution is -2.43. The summed E-state index contributed by atoms with van der Waals surface area (Å²) < 4.78 is 5.67. The normalized spacial score (nSPS) is 10.2. The first-order valence-electron chi connectivity index (χ1n) is 8.68. The number of hydrogen-bond donors (Lipinski definition) is 3. The van der Waals surface area contributed by atoms with E-state index in [9.17, 15) is 4.79 Å². The molecule has 7 heteroatoms. The molecule has 0 bridgehead atoms. The van der Waals surface area contributed by atoms with Crippen LogP contribution in [0, 0.1) is 20.8 Å². The van der Waals surface area contributed by atoms with Crippen molar-refractivity contribution >= 4 is 40.5 Å². The lowest BCUT2D eigenvalue weighted by molar-refractivity contribution is -0.121. The van der Waals surface area contributed by atoms with Crippen molar-refractivity contribution in [1.82, 2.24) is 10.9 Å². The Labute approximate surface area is 170 Å². The number of hydrogen-bond acceptors (Lipinski definition) is 3. The zero-order chi connectivity index (χ0) is 19.8. The van der Waals surface area contributed by atoms with E-state index in [1.54, 1.807) is 6.07 Å². The summed E-state index contributed by atoms with van der Waals surface area (Å²) in [5.74, 6) is 0.619. The van der Waals surface area contributed by atoms with Crippen LogP contribution in [0.1, 0.15) is 29.5 Å². The molecule has 0 saturated carbocycles. The van der Waals surface area contributed by atoms with Gasteiger partial charge in [-0.3, -0.25) is 15.6 Å². The van der Waals surface area contributed by atoms with Gasteiger partial charge in [0.1, 0.15) is 5.75 Å². The van der Waals surface area contributed by atoms with Crippen molar-refractivity contribution in [3.63, 3.8) is 0 Å². The van der Waals surface area contributed by atoms with Gasteiger partial charge >= 0.3 is 0 Å². The predicted octanol–water partition coefficient (Wildman–Crippen LogP) is 4.44. The number of rotatable bonds is 6. The zero-order valence-electron chi connectivity index (χ0n) is 15.7. The van der Waals surface area contributed by atoms with Crippen LogP contribution in [0.4, 0.5) is 5.69 Å². The monoisotopic (exact) mass is 405 g/mol. The van der Waals surface area contributed by atoms with Crippen LogP contribution < -0.4 is 20.9 Å². The molecule has 0 aromatic heterocycles. The summed E-state index contributed by atoms with van der Waals surface area (Å²) in [6, 6.07) is 11.4. The van der Waals surface area contributed by atoms with Gasteiger partial charge in [0.15, 0.2) is 5.11 Å². The van der Waals surface area contributed by atoms with Gasteiger partial charge in [0, 0.05) is 17.1 Å². The van der Waals surface area contributed by atoms with Gasteiger partial charge in [-0.1, -0.05) is 23.7 Å². The number of carbonyl (C=O) groups is 1. The van der Waals surface area contributed by atoms with Crippen molar-refractivity contribution < 1.29 is 9.53 Å². The Hall–Kier alpha value is -2.31. The molecule has 1 amide bonds. The number of hydrazine groups is 1. The van der Waals surface area contributed by atoms with Crippen molar-refractivity contribution in [3.05, 3.63) is 58.1 Å². The fraction of sp³-hybridized carbons (Fsp3) is 0.300. The molecule has 0 radical (unpaired) electrons. The Kier molecular flexibility index (Phi) is 7.88. The standard InChI is InChI=1S/C20H24ClN3O2S/c1-13-6-4-7-17(15(13)3)22-20(27)24-23-19(25)8-5-11-26-18-10-9-16(21)12-14(18)2/h4,6-7,9-10,12H,5,8,11H2,1-3H3,(H,23,25)(H2,22,24,27). The van der Waals surface area contributed by atoms with Crippen LogP contribution in [-0.4, -0.2) is 17.6 Å².